The van der Waals surface area contributed by atoms with Gasteiger partial charge in [-0.15, -0.1) is 0 Å². The molecule has 11 heavy (non-hydrogen) atoms. The minimum absolute atomic E-state index is 0.296. The van der Waals surface area contributed by atoms with Crippen molar-refractivity contribution >= 4 is 23.1 Å². The maximum atomic E-state index is 11.0. The van der Waals surface area contributed by atoms with Crippen molar-refractivity contribution in [2.75, 3.05) is 7.11 Å². The van der Waals surface area contributed by atoms with Gasteiger partial charge in [-0.3, -0.25) is 4.79 Å². The summed E-state index contributed by atoms with van der Waals surface area (Å²) in [7, 11) is 1.36. The molecule has 2 nitrogen and oxygen atoms in total. The van der Waals surface area contributed by atoms with Crippen molar-refractivity contribution in [2.45, 2.75) is 0 Å². The molecule has 0 N–H and O–H groups in total. The zero-order chi connectivity index (χ0) is 8.27. The lowest BCUT2D eigenvalue weighted by atomic mass is 10.0. The summed E-state index contributed by atoms with van der Waals surface area (Å²) < 4.78 is 4.55. The number of ether oxygens (including phenoxy) is 1. The van der Waals surface area contributed by atoms with Crippen LogP contribution in [0.25, 0.3) is 0 Å². The Bertz CT molecular complexity index is 240. The first kappa shape index (κ1) is 8.14. The van der Waals surface area contributed by atoms with Crippen LogP contribution in [0.2, 0.25) is 0 Å². The lowest BCUT2D eigenvalue weighted by Gasteiger charge is -2.10. The second-order valence-electron chi connectivity index (χ2n) is 2.15. The van der Waals surface area contributed by atoms with Crippen LogP contribution in [-0.2, 0) is 9.53 Å². The van der Waals surface area contributed by atoms with Crippen LogP contribution in [0, 0.1) is 5.92 Å². The average Bonchev–Trinajstić information content (AvgIpc) is 2.04. The van der Waals surface area contributed by atoms with Gasteiger partial charge < -0.3 is 4.74 Å². The second-order valence-corrected chi connectivity index (χ2v) is 2.62. The first-order valence-electron chi connectivity index (χ1n) is 3.22. The Labute approximate surface area is 70.5 Å². The smallest absolute Gasteiger partial charge is 0.317 e. The fraction of sp³-hybridized carbons (Fsp3) is 0.250. The Morgan fingerprint density at radius 1 is 1.64 bits per heavy atom. The summed E-state index contributed by atoms with van der Waals surface area (Å²) in [6.07, 6.45) is 7.06. The number of allylic oxidation sites excluding steroid dienone is 3. The van der Waals surface area contributed by atoms with Crippen molar-refractivity contribution in [3.05, 3.63) is 24.3 Å². The largest absolute Gasteiger partial charge is 0.468 e. The molecule has 0 aromatic rings. The van der Waals surface area contributed by atoms with E-state index >= 15 is 0 Å². The first-order valence-corrected chi connectivity index (χ1v) is 3.63. The predicted octanol–water partition coefficient (Wildman–Crippen LogP) is 1.27. The van der Waals surface area contributed by atoms with Gasteiger partial charge in [0.15, 0.2) is 0 Å². The van der Waals surface area contributed by atoms with Crippen LogP contribution in [-0.4, -0.2) is 17.9 Å². The standard InChI is InChI=1S/C8H8O2S/c1-10-8(9)6-4-2-3-5-7(6)11/h2-6H,1H3. The average molecular weight is 168 g/mol. The summed E-state index contributed by atoms with van der Waals surface area (Å²) in [6.45, 7) is 0. The molecular weight excluding hydrogens is 160 g/mol. The van der Waals surface area contributed by atoms with E-state index in [2.05, 4.69) is 4.74 Å². The van der Waals surface area contributed by atoms with Gasteiger partial charge in [0, 0.05) is 4.86 Å². The monoisotopic (exact) mass is 168 g/mol. The normalized spacial score (nSPS) is 21.9. The zero-order valence-corrected chi connectivity index (χ0v) is 6.93. The summed E-state index contributed by atoms with van der Waals surface area (Å²) in [4.78, 5) is 11.6. The third-order valence-corrected chi connectivity index (χ3v) is 1.83. The minimum atomic E-state index is -0.361. The molecule has 0 aromatic carbocycles. The Hall–Kier alpha value is -0.960. The summed E-state index contributed by atoms with van der Waals surface area (Å²) in [5.41, 5.74) is 0. The van der Waals surface area contributed by atoms with Crippen molar-refractivity contribution in [3.63, 3.8) is 0 Å². The van der Waals surface area contributed by atoms with E-state index in [0.29, 0.717) is 4.86 Å². The quantitative estimate of drug-likeness (QED) is 0.435. The van der Waals surface area contributed by atoms with Gasteiger partial charge >= 0.3 is 5.97 Å². The summed E-state index contributed by atoms with van der Waals surface area (Å²) in [5, 5.41) is 0. The van der Waals surface area contributed by atoms with Crippen molar-refractivity contribution < 1.29 is 9.53 Å². The topological polar surface area (TPSA) is 26.3 Å². The molecule has 0 bridgehead atoms. The van der Waals surface area contributed by atoms with Gasteiger partial charge in [0.05, 0.1) is 7.11 Å². The second kappa shape index (κ2) is 3.44. The number of carbonyl (C=O) groups excluding carboxylic acids is 1. The molecule has 1 aliphatic rings. The Balaban J connectivity index is 2.73. The highest BCUT2D eigenvalue weighted by Gasteiger charge is 2.20. The number of methoxy groups -OCH3 is 1. The molecule has 0 aliphatic heterocycles. The molecule has 0 amide bonds. The van der Waals surface area contributed by atoms with E-state index in [1.54, 1.807) is 18.2 Å². The lowest BCUT2D eigenvalue weighted by Crippen LogP contribution is -2.21. The number of esters is 1. The van der Waals surface area contributed by atoms with Crippen molar-refractivity contribution in [3.8, 4) is 0 Å². The fourth-order valence-corrected chi connectivity index (χ4v) is 1.10. The Morgan fingerprint density at radius 2 is 2.36 bits per heavy atom. The summed E-state index contributed by atoms with van der Waals surface area (Å²) >= 11 is 4.93. The zero-order valence-electron chi connectivity index (χ0n) is 6.11. The van der Waals surface area contributed by atoms with E-state index in [9.17, 15) is 4.79 Å². The van der Waals surface area contributed by atoms with E-state index < -0.39 is 0 Å². The number of hydrogen-bond acceptors (Lipinski definition) is 3. The molecule has 0 saturated heterocycles. The predicted molar refractivity (Wildman–Crippen MR) is 46.4 cm³/mol. The number of carbonyl (C=O) groups is 1. The Kier molecular flexibility index (Phi) is 2.54. The summed E-state index contributed by atoms with van der Waals surface area (Å²) in [5.74, 6) is -0.657. The van der Waals surface area contributed by atoms with Crippen molar-refractivity contribution in [2.24, 2.45) is 5.92 Å². The van der Waals surface area contributed by atoms with Gasteiger partial charge in [-0.25, -0.2) is 0 Å². The fourth-order valence-electron chi connectivity index (χ4n) is 0.846. The number of thiocarbonyl (C=S) groups is 1. The lowest BCUT2D eigenvalue weighted by molar-refractivity contribution is -0.141. The van der Waals surface area contributed by atoms with Crippen LogP contribution in [0.3, 0.4) is 0 Å². The van der Waals surface area contributed by atoms with Crippen LogP contribution in [0.1, 0.15) is 0 Å². The van der Waals surface area contributed by atoms with Crippen LogP contribution < -0.4 is 0 Å². The highest BCUT2D eigenvalue weighted by atomic mass is 32.1. The third-order valence-electron chi connectivity index (χ3n) is 1.44. The van der Waals surface area contributed by atoms with Crippen molar-refractivity contribution in [1.29, 1.82) is 0 Å². The van der Waals surface area contributed by atoms with Crippen LogP contribution in [0.5, 0.6) is 0 Å². The molecule has 0 spiro atoms. The minimum Gasteiger partial charge on any atom is -0.468 e. The molecule has 0 heterocycles. The molecule has 0 aromatic heterocycles. The maximum Gasteiger partial charge on any atom is 0.317 e. The molecule has 1 aliphatic carbocycles. The molecule has 0 saturated carbocycles. The van der Waals surface area contributed by atoms with Crippen LogP contribution in [0.4, 0.5) is 0 Å². The van der Waals surface area contributed by atoms with Crippen molar-refractivity contribution in [1.82, 2.24) is 0 Å². The number of rotatable bonds is 1. The van der Waals surface area contributed by atoms with Crippen LogP contribution >= 0.6 is 12.2 Å². The SMILES string of the molecule is COC(=O)C1C=CC=CC1=S. The summed E-state index contributed by atoms with van der Waals surface area (Å²) in [6, 6.07) is 0. The highest BCUT2D eigenvalue weighted by Crippen LogP contribution is 2.10. The molecule has 3 heteroatoms. The van der Waals surface area contributed by atoms with Gasteiger partial charge in [-0.1, -0.05) is 30.4 Å². The van der Waals surface area contributed by atoms with Gasteiger partial charge in [-0.2, -0.15) is 0 Å². The van der Waals surface area contributed by atoms with Gasteiger partial charge in [0.2, 0.25) is 0 Å². The van der Waals surface area contributed by atoms with Crippen LogP contribution in [0.15, 0.2) is 24.3 Å². The molecule has 0 radical (unpaired) electrons. The molecule has 58 valence electrons. The number of hydrogen-bond donors (Lipinski definition) is 0. The van der Waals surface area contributed by atoms with E-state index in [-0.39, 0.29) is 11.9 Å². The van der Waals surface area contributed by atoms with E-state index in [0.717, 1.165) is 0 Å². The first-order chi connectivity index (χ1) is 5.25. The molecular formula is C8H8O2S. The molecule has 1 rings (SSSR count). The maximum absolute atomic E-state index is 11.0. The van der Waals surface area contributed by atoms with Gasteiger partial charge in [0.25, 0.3) is 0 Å². The van der Waals surface area contributed by atoms with E-state index in [1.807, 2.05) is 6.08 Å². The van der Waals surface area contributed by atoms with E-state index in [4.69, 9.17) is 12.2 Å². The molecule has 1 atom stereocenters. The molecule has 0 fully saturated rings. The molecule has 1 unspecified atom stereocenters. The van der Waals surface area contributed by atoms with Gasteiger partial charge in [0.1, 0.15) is 5.92 Å². The highest BCUT2D eigenvalue weighted by molar-refractivity contribution is 7.80. The van der Waals surface area contributed by atoms with E-state index in [1.165, 1.54) is 7.11 Å². The third kappa shape index (κ3) is 1.74. The Morgan fingerprint density at radius 3 is 2.91 bits per heavy atom. The van der Waals surface area contributed by atoms with Gasteiger partial charge in [-0.05, 0) is 6.08 Å².